The fourth-order valence-electron chi connectivity index (χ4n) is 3.70. The second-order valence-electron chi connectivity index (χ2n) is 8.26. The molecule has 0 saturated carbocycles. The van der Waals surface area contributed by atoms with Gasteiger partial charge in [0.1, 0.15) is 23.0 Å². The number of rotatable bonds is 11. The first-order valence-corrected chi connectivity index (χ1v) is 12.9. The molecule has 0 aliphatic heterocycles. The predicted molar refractivity (Wildman–Crippen MR) is 131 cm³/mol. The summed E-state index contributed by atoms with van der Waals surface area (Å²) in [4.78, 5) is 33.5. The minimum Gasteiger partial charge on any atom is -0.489 e. The van der Waals surface area contributed by atoms with E-state index in [9.17, 15) is 36.0 Å². The maximum Gasteiger partial charge on any atom is 0.491 e. The highest BCUT2D eigenvalue weighted by Gasteiger charge is 2.42. The summed E-state index contributed by atoms with van der Waals surface area (Å²) in [5, 5.41) is 2.08. The van der Waals surface area contributed by atoms with E-state index in [-0.39, 0.29) is 16.9 Å². The Balaban J connectivity index is 1.77. The molecule has 0 spiro atoms. The zero-order valence-electron chi connectivity index (χ0n) is 20.1. The molecule has 38 heavy (non-hydrogen) atoms. The van der Waals surface area contributed by atoms with Crippen LogP contribution in [0.2, 0.25) is 0 Å². The highest BCUT2D eigenvalue weighted by atomic mass is 32.2. The molecule has 0 aliphatic carbocycles. The van der Waals surface area contributed by atoms with E-state index in [1.165, 1.54) is 18.2 Å². The number of carbonyl (C=O) groups excluding carboxylic acids is 3. The Morgan fingerprint density at radius 1 is 1.00 bits per heavy atom. The van der Waals surface area contributed by atoms with Gasteiger partial charge in [0.15, 0.2) is 0 Å². The molecule has 2 unspecified atom stereocenters. The maximum atomic E-state index is 13.0. The largest absolute Gasteiger partial charge is 0.491 e. The lowest BCUT2D eigenvalue weighted by Crippen LogP contribution is -2.39. The summed E-state index contributed by atoms with van der Waals surface area (Å²) in [6.45, 7) is 1.88. The Labute approximate surface area is 216 Å². The average molecular weight is 552 g/mol. The van der Waals surface area contributed by atoms with E-state index in [0.29, 0.717) is 12.8 Å². The molecule has 3 rings (SSSR count). The van der Waals surface area contributed by atoms with Crippen LogP contribution in [0.25, 0.3) is 10.8 Å². The zero-order chi connectivity index (χ0) is 27.9. The maximum absolute atomic E-state index is 13.0. The van der Waals surface area contributed by atoms with Gasteiger partial charge in [0, 0.05) is 6.42 Å². The lowest BCUT2D eigenvalue weighted by molar-refractivity contribution is -0.202. The molecule has 0 radical (unpaired) electrons. The summed E-state index contributed by atoms with van der Waals surface area (Å²) in [5.41, 5.74) is 1.00. The highest BCUT2D eigenvalue weighted by Crippen LogP contribution is 2.28. The van der Waals surface area contributed by atoms with E-state index in [4.69, 9.17) is 4.74 Å². The molecule has 2 atom stereocenters. The number of nitrogens with one attached hydrogen (secondary N) is 1. The van der Waals surface area contributed by atoms with E-state index in [1.54, 1.807) is 6.07 Å². The minimum atomic E-state index is -5.43. The van der Waals surface area contributed by atoms with Crippen molar-refractivity contribution in [2.45, 2.75) is 49.4 Å². The Kier molecular flexibility index (Phi) is 9.23. The van der Waals surface area contributed by atoms with Gasteiger partial charge in [-0.05, 0) is 34.9 Å². The zero-order valence-corrected chi connectivity index (χ0v) is 20.9. The Morgan fingerprint density at radius 2 is 1.66 bits per heavy atom. The van der Waals surface area contributed by atoms with Crippen LogP contribution in [0, 0.1) is 0 Å². The summed E-state index contributed by atoms with van der Waals surface area (Å²) in [7, 11) is -4.49. The van der Waals surface area contributed by atoms with Crippen LogP contribution in [0.1, 0.15) is 25.3 Å². The van der Waals surface area contributed by atoms with Crippen molar-refractivity contribution in [1.82, 2.24) is 4.72 Å². The molecule has 0 aromatic heterocycles. The lowest BCUT2D eigenvalue weighted by atomic mass is 9.99. The number of benzene rings is 3. The molecule has 3 aromatic carbocycles. The summed E-state index contributed by atoms with van der Waals surface area (Å²) in [6, 6.07) is 17.5. The van der Waals surface area contributed by atoms with E-state index >= 15 is 0 Å². The van der Waals surface area contributed by atoms with Gasteiger partial charge in [-0.25, -0.2) is 17.9 Å². The number of fused-ring (bicyclic) bond motifs is 1. The van der Waals surface area contributed by atoms with Gasteiger partial charge < -0.3 is 14.3 Å². The molecule has 1 N–H and O–H groups in total. The Hall–Kier alpha value is -3.77. The van der Waals surface area contributed by atoms with Crippen LogP contribution in [-0.4, -0.2) is 45.0 Å². The molecule has 0 amide bonds. The van der Waals surface area contributed by atoms with Gasteiger partial charge in [0.05, 0.1) is 12.5 Å². The number of sulfonamides is 1. The van der Waals surface area contributed by atoms with Crippen LogP contribution in [-0.2, 0) is 35.6 Å². The smallest absolute Gasteiger partial charge is 0.489 e. The summed E-state index contributed by atoms with van der Waals surface area (Å²) < 4.78 is 74.6. The normalized spacial score (nSPS) is 13.5. The summed E-state index contributed by atoms with van der Waals surface area (Å²) in [6.07, 6.45) is -5.98. The molecule has 8 nitrogen and oxygen atoms in total. The molecule has 3 aromatic rings. The van der Waals surface area contributed by atoms with E-state index in [2.05, 4.69) is 4.74 Å². The van der Waals surface area contributed by atoms with Crippen molar-refractivity contribution in [3.63, 3.8) is 0 Å². The first-order valence-electron chi connectivity index (χ1n) is 11.5. The number of aldehydes is 1. The molecular formula is C26H24F3NO7S. The number of hydrogen-bond acceptors (Lipinski definition) is 7. The number of hydrogen-bond donors (Lipinski definition) is 1. The third-order valence-corrected chi connectivity index (χ3v) is 7.04. The fraction of sp³-hybridized carbons (Fsp3) is 0.269. The van der Waals surface area contributed by atoms with Gasteiger partial charge in [-0.2, -0.15) is 13.2 Å². The Bertz CT molecular complexity index is 1420. The molecule has 0 heterocycles. The average Bonchev–Trinajstić information content (AvgIpc) is 2.87. The van der Waals surface area contributed by atoms with Crippen LogP contribution < -0.4 is 9.46 Å². The van der Waals surface area contributed by atoms with Crippen molar-refractivity contribution in [3.05, 3.63) is 72.3 Å². The molecular weight excluding hydrogens is 527 g/mol. The molecule has 0 saturated heterocycles. The molecule has 0 bridgehead atoms. The van der Waals surface area contributed by atoms with Crippen LogP contribution >= 0.6 is 0 Å². The minimum absolute atomic E-state index is 0.00963. The molecule has 0 fully saturated rings. The first-order chi connectivity index (χ1) is 17.9. The standard InChI is InChI=1S/C26H24F3NO7S/c1-2-20(14-18-10-7-9-17-8-3-4-11-21(17)18)36-22-12-5-6-13-23(22)38(34,35)30-19(16-31)15-24(32)37-25(33)26(27,28)29/h3-13,16,19-20,30H,2,14-15H2,1H3. The number of para-hydroxylation sites is 1. The fourth-order valence-corrected chi connectivity index (χ4v) is 5.00. The second kappa shape index (κ2) is 12.2. The van der Waals surface area contributed by atoms with Gasteiger partial charge in [0.25, 0.3) is 0 Å². The van der Waals surface area contributed by atoms with Crippen molar-refractivity contribution in [2.24, 2.45) is 0 Å². The lowest BCUT2D eigenvalue weighted by Gasteiger charge is -2.21. The molecule has 0 aliphatic rings. The van der Waals surface area contributed by atoms with Crippen molar-refractivity contribution in [2.75, 3.05) is 0 Å². The highest BCUT2D eigenvalue weighted by molar-refractivity contribution is 7.89. The number of esters is 2. The summed E-state index contributed by atoms with van der Waals surface area (Å²) >= 11 is 0. The van der Waals surface area contributed by atoms with Gasteiger partial charge in [-0.1, -0.05) is 61.5 Å². The van der Waals surface area contributed by atoms with Gasteiger partial charge in [-0.3, -0.25) is 4.79 Å². The van der Waals surface area contributed by atoms with E-state index in [0.717, 1.165) is 16.3 Å². The van der Waals surface area contributed by atoms with Crippen LogP contribution in [0.15, 0.2) is 71.6 Å². The van der Waals surface area contributed by atoms with E-state index < -0.39 is 46.7 Å². The molecule has 202 valence electrons. The first kappa shape index (κ1) is 28.8. The van der Waals surface area contributed by atoms with Gasteiger partial charge in [0.2, 0.25) is 10.0 Å². The van der Waals surface area contributed by atoms with Gasteiger partial charge in [-0.15, -0.1) is 0 Å². The topological polar surface area (TPSA) is 116 Å². The third kappa shape index (κ3) is 7.39. The monoisotopic (exact) mass is 551 g/mol. The predicted octanol–water partition coefficient (Wildman–Crippen LogP) is 4.11. The second-order valence-corrected chi connectivity index (χ2v) is 9.95. The number of ether oxygens (including phenoxy) is 2. The Morgan fingerprint density at radius 3 is 2.34 bits per heavy atom. The number of alkyl halides is 3. The van der Waals surface area contributed by atoms with Crippen molar-refractivity contribution in [3.8, 4) is 5.75 Å². The number of halogens is 3. The van der Waals surface area contributed by atoms with Crippen molar-refractivity contribution < 1.29 is 45.4 Å². The quantitative estimate of drug-likeness (QED) is 0.217. The van der Waals surface area contributed by atoms with Crippen LogP contribution in [0.4, 0.5) is 13.2 Å². The third-order valence-electron chi connectivity index (χ3n) is 5.51. The van der Waals surface area contributed by atoms with Crippen molar-refractivity contribution >= 4 is 39.0 Å². The van der Waals surface area contributed by atoms with Crippen LogP contribution in [0.5, 0.6) is 5.75 Å². The van der Waals surface area contributed by atoms with Gasteiger partial charge >= 0.3 is 18.1 Å². The summed E-state index contributed by atoms with van der Waals surface area (Å²) in [5.74, 6) is -4.52. The van der Waals surface area contributed by atoms with Crippen molar-refractivity contribution in [1.29, 1.82) is 0 Å². The van der Waals surface area contributed by atoms with Crippen LogP contribution in [0.3, 0.4) is 0 Å². The number of carbonyl (C=O) groups is 3. The molecule has 12 heteroatoms. The SMILES string of the molecule is CCC(Cc1cccc2ccccc12)Oc1ccccc1S(=O)(=O)NC(C=O)CC(=O)OC(=O)C(F)(F)F. The van der Waals surface area contributed by atoms with E-state index in [1.807, 2.05) is 54.1 Å².